The molecule has 0 aliphatic rings. The summed E-state index contributed by atoms with van der Waals surface area (Å²) in [6.45, 7) is 0. The molecule has 25 heavy (non-hydrogen) atoms. The zero-order chi connectivity index (χ0) is 17.8. The SMILES string of the molecule is NC(=O)[C@@H](OC(=O)Cc1csc(-c2cccs2)n1)c1ccc(F)cc1. The Morgan fingerprint density at radius 1 is 1.20 bits per heavy atom. The van der Waals surface area contributed by atoms with E-state index < -0.39 is 23.8 Å². The van der Waals surface area contributed by atoms with Gasteiger partial charge in [-0.1, -0.05) is 18.2 Å². The number of primary amides is 1. The van der Waals surface area contributed by atoms with E-state index in [0.717, 1.165) is 9.88 Å². The van der Waals surface area contributed by atoms with Crippen molar-refractivity contribution in [2.75, 3.05) is 0 Å². The highest BCUT2D eigenvalue weighted by molar-refractivity contribution is 7.20. The van der Waals surface area contributed by atoms with Crippen LogP contribution in [0.4, 0.5) is 4.39 Å². The normalized spacial score (nSPS) is 11.9. The quantitative estimate of drug-likeness (QED) is 0.669. The number of esters is 1. The van der Waals surface area contributed by atoms with Crippen molar-refractivity contribution in [2.24, 2.45) is 5.73 Å². The van der Waals surface area contributed by atoms with Gasteiger partial charge in [-0.2, -0.15) is 0 Å². The van der Waals surface area contributed by atoms with Gasteiger partial charge in [-0.15, -0.1) is 22.7 Å². The van der Waals surface area contributed by atoms with E-state index >= 15 is 0 Å². The number of amides is 1. The smallest absolute Gasteiger partial charge is 0.313 e. The molecule has 0 unspecified atom stereocenters. The van der Waals surface area contributed by atoms with Gasteiger partial charge in [0.2, 0.25) is 6.10 Å². The van der Waals surface area contributed by atoms with E-state index in [9.17, 15) is 14.0 Å². The zero-order valence-electron chi connectivity index (χ0n) is 12.8. The standard InChI is InChI=1S/C17H13FN2O3S2/c18-11-5-3-10(4-6-11)15(16(19)22)23-14(21)8-12-9-25-17(20-12)13-2-1-7-24-13/h1-7,9,15H,8H2,(H2,19,22)/t15-/m0/s1. The molecule has 2 heterocycles. The summed E-state index contributed by atoms with van der Waals surface area (Å²) in [5, 5.41) is 4.54. The lowest BCUT2D eigenvalue weighted by Gasteiger charge is -2.14. The molecular weight excluding hydrogens is 363 g/mol. The fourth-order valence-corrected chi connectivity index (χ4v) is 3.78. The molecule has 8 heteroatoms. The van der Waals surface area contributed by atoms with Crippen LogP contribution in [0, 0.1) is 5.82 Å². The molecule has 128 valence electrons. The lowest BCUT2D eigenvalue weighted by Crippen LogP contribution is -2.26. The summed E-state index contributed by atoms with van der Waals surface area (Å²) < 4.78 is 18.2. The summed E-state index contributed by atoms with van der Waals surface area (Å²) in [5.74, 6) is -1.91. The minimum absolute atomic E-state index is 0.0765. The Bertz CT molecular complexity index is 876. The molecule has 5 nitrogen and oxygen atoms in total. The molecule has 0 bridgehead atoms. The van der Waals surface area contributed by atoms with Crippen molar-refractivity contribution < 1.29 is 18.7 Å². The highest BCUT2D eigenvalue weighted by atomic mass is 32.1. The third-order valence-electron chi connectivity index (χ3n) is 3.29. The van der Waals surface area contributed by atoms with Gasteiger partial charge in [-0.3, -0.25) is 9.59 Å². The third kappa shape index (κ3) is 4.28. The molecule has 3 rings (SSSR count). The number of ether oxygens (including phenoxy) is 1. The fourth-order valence-electron chi connectivity index (χ4n) is 2.15. The molecule has 0 saturated carbocycles. The molecule has 2 aromatic heterocycles. The Labute approximate surface area is 150 Å². The van der Waals surface area contributed by atoms with Crippen molar-refractivity contribution in [3.05, 3.63) is 64.2 Å². The van der Waals surface area contributed by atoms with Crippen LogP contribution in [0.1, 0.15) is 17.4 Å². The van der Waals surface area contributed by atoms with Crippen molar-refractivity contribution in [3.8, 4) is 9.88 Å². The second kappa shape index (κ2) is 7.54. The molecule has 1 aromatic carbocycles. The van der Waals surface area contributed by atoms with Gasteiger partial charge < -0.3 is 10.5 Å². The van der Waals surface area contributed by atoms with Crippen LogP contribution in [0.2, 0.25) is 0 Å². The van der Waals surface area contributed by atoms with Gasteiger partial charge in [0.15, 0.2) is 0 Å². The minimum Gasteiger partial charge on any atom is -0.447 e. The van der Waals surface area contributed by atoms with Crippen LogP contribution < -0.4 is 5.73 Å². The van der Waals surface area contributed by atoms with E-state index in [0.29, 0.717) is 11.3 Å². The lowest BCUT2D eigenvalue weighted by molar-refractivity contribution is -0.154. The van der Waals surface area contributed by atoms with Crippen LogP contribution in [0.15, 0.2) is 47.2 Å². The van der Waals surface area contributed by atoms with Crippen LogP contribution in [0.3, 0.4) is 0 Å². The molecular formula is C17H13FN2O3S2. The Morgan fingerprint density at radius 3 is 2.60 bits per heavy atom. The van der Waals surface area contributed by atoms with Crippen LogP contribution >= 0.6 is 22.7 Å². The van der Waals surface area contributed by atoms with E-state index in [-0.39, 0.29) is 6.42 Å². The second-order valence-electron chi connectivity index (χ2n) is 5.12. The maximum atomic E-state index is 13.0. The first-order chi connectivity index (χ1) is 12.0. The lowest BCUT2D eigenvalue weighted by atomic mass is 10.1. The van der Waals surface area contributed by atoms with E-state index in [1.54, 1.807) is 16.7 Å². The van der Waals surface area contributed by atoms with Gasteiger partial charge in [-0.05, 0) is 23.6 Å². The predicted molar refractivity (Wildman–Crippen MR) is 93.6 cm³/mol. The molecule has 0 aliphatic heterocycles. The summed E-state index contributed by atoms with van der Waals surface area (Å²) in [7, 11) is 0. The number of hydrogen-bond donors (Lipinski definition) is 1. The fraction of sp³-hybridized carbons (Fsp3) is 0.118. The second-order valence-corrected chi connectivity index (χ2v) is 6.93. The van der Waals surface area contributed by atoms with Gasteiger partial charge in [0, 0.05) is 10.9 Å². The Morgan fingerprint density at radius 2 is 1.96 bits per heavy atom. The van der Waals surface area contributed by atoms with E-state index in [2.05, 4.69) is 4.98 Å². The average molecular weight is 376 g/mol. The first-order valence-electron chi connectivity index (χ1n) is 7.25. The molecule has 0 spiro atoms. The first-order valence-corrected chi connectivity index (χ1v) is 9.01. The molecule has 0 fully saturated rings. The maximum absolute atomic E-state index is 13.0. The van der Waals surface area contributed by atoms with Crippen molar-refractivity contribution in [1.29, 1.82) is 0 Å². The summed E-state index contributed by atoms with van der Waals surface area (Å²) in [4.78, 5) is 29.1. The van der Waals surface area contributed by atoms with Gasteiger partial charge in [-0.25, -0.2) is 9.37 Å². The van der Waals surface area contributed by atoms with Crippen LogP contribution in [0.5, 0.6) is 0 Å². The van der Waals surface area contributed by atoms with Gasteiger partial charge >= 0.3 is 5.97 Å². The molecule has 1 atom stereocenters. The molecule has 0 saturated heterocycles. The third-order valence-corrected chi connectivity index (χ3v) is 5.22. The van der Waals surface area contributed by atoms with Gasteiger partial charge in [0.05, 0.1) is 17.0 Å². The highest BCUT2D eigenvalue weighted by Crippen LogP contribution is 2.28. The number of nitrogens with two attached hydrogens (primary N) is 1. The number of benzene rings is 1. The van der Waals surface area contributed by atoms with Crippen molar-refractivity contribution >= 4 is 34.6 Å². The number of carbonyl (C=O) groups excluding carboxylic acids is 2. The highest BCUT2D eigenvalue weighted by Gasteiger charge is 2.23. The number of hydrogen-bond acceptors (Lipinski definition) is 6. The predicted octanol–water partition coefficient (Wildman–Crippen LogP) is 3.32. The molecule has 0 aliphatic carbocycles. The van der Waals surface area contributed by atoms with Gasteiger partial charge in [0.25, 0.3) is 5.91 Å². The summed E-state index contributed by atoms with van der Waals surface area (Å²) in [6, 6.07) is 8.93. The Kier molecular flexibility index (Phi) is 5.20. The monoisotopic (exact) mass is 376 g/mol. The number of carbonyl (C=O) groups is 2. The number of thiazole rings is 1. The average Bonchev–Trinajstić information content (AvgIpc) is 3.24. The number of halogens is 1. The van der Waals surface area contributed by atoms with Crippen molar-refractivity contribution in [3.63, 3.8) is 0 Å². The van der Waals surface area contributed by atoms with E-state index in [1.807, 2.05) is 17.5 Å². The summed E-state index contributed by atoms with van der Waals surface area (Å²) in [5.41, 5.74) is 6.17. The topological polar surface area (TPSA) is 82.3 Å². The Hall–Kier alpha value is -2.58. The largest absolute Gasteiger partial charge is 0.447 e. The number of aromatic nitrogens is 1. The van der Waals surface area contributed by atoms with E-state index in [4.69, 9.17) is 10.5 Å². The van der Waals surface area contributed by atoms with Crippen LogP contribution in [-0.4, -0.2) is 16.9 Å². The Balaban J connectivity index is 1.68. The van der Waals surface area contributed by atoms with Crippen LogP contribution in [-0.2, 0) is 20.7 Å². The number of rotatable bonds is 6. The summed E-state index contributed by atoms with van der Waals surface area (Å²) in [6.07, 6.45) is -1.34. The van der Waals surface area contributed by atoms with Crippen LogP contribution in [0.25, 0.3) is 9.88 Å². The molecule has 0 radical (unpaired) electrons. The summed E-state index contributed by atoms with van der Waals surface area (Å²) >= 11 is 2.99. The van der Waals surface area contributed by atoms with Crippen molar-refractivity contribution in [2.45, 2.75) is 12.5 Å². The number of thiophene rings is 1. The maximum Gasteiger partial charge on any atom is 0.313 e. The molecule has 1 amide bonds. The number of nitrogens with zero attached hydrogens (tertiary/aromatic N) is 1. The first kappa shape index (κ1) is 17.2. The molecule has 2 N–H and O–H groups in total. The van der Waals surface area contributed by atoms with E-state index in [1.165, 1.54) is 35.6 Å². The zero-order valence-corrected chi connectivity index (χ0v) is 14.5. The van der Waals surface area contributed by atoms with Crippen molar-refractivity contribution in [1.82, 2.24) is 4.98 Å². The molecule has 3 aromatic rings. The van der Waals surface area contributed by atoms with Gasteiger partial charge in [0.1, 0.15) is 10.8 Å². The minimum atomic E-state index is -1.26.